The first-order chi connectivity index (χ1) is 20.1. The number of aromatic hydroxyl groups is 1. The molecule has 214 valence electrons. The Morgan fingerprint density at radius 2 is 1.57 bits per heavy atom. The molecule has 10 heteroatoms. The van der Waals surface area contributed by atoms with Crippen molar-refractivity contribution in [2.24, 2.45) is 17.8 Å². The number of carbonyl (C=O) groups is 4. The Balaban J connectivity index is 1.39. The number of allylic oxidation sites excluding steroid dienone is 2. The van der Waals surface area contributed by atoms with Crippen molar-refractivity contribution in [3.8, 4) is 5.75 Å². The molecule has 1 N–H and O–H groups in total. The summed E-state index contributed by atoms with van der Waals surface area (Å²) in [5, 5.41) is 12.9. The Morgan fingerprint density at radius 3 is 2.31 bits per heavy atom. The molecule has 7 nitrogen and oxygen atoms in total. The van der Waals surface area contributed by atoms with E-state index in [1.807, 2.05) is 54.6 Å². The summed E-state index contributed by atoms with van der Waals surface area (Å²) in [6.07, 6.45) is 2.05. The first-order valence-corrected chi connectivity index (χ1v) is 15.6. The molecule has 2 aliphatic carbocycles. The normalized spacial score (nSPS) is 32.2. The van der Waals surface area contributed by atoms with Gasteiger partial charge in [-0.2, -0.15) is 0 Å². The maximum absolute atomic E-state index is 14.0. The highest BCUT2D eigenvalue weighted by atomic mass is 79.9. The van der Waals surface area contributed by atoms with Crippen molar-refractivity contribution >= 4 is 73.5 Å². The van der Waals surface area contributed by atoms with Gasteiger partial charge in [0.05, 0.1) is 23.8 Å². The quantitative estimate of drug-likeness (QED) is 0.173. The van der Waals surface area contributed by atoms with Crippen LogP contribution in [0.3, 0.4) is 0 Å². The molecule has 4 aliphatic rings. The number of rotatable bonds is 4. The Labute approximate surface area is 260 Å². The van der Waals surface area contributed by atoms with Crippen molar-refractivity contribution < 1.29 is 24.3 Å². The van der Waals surface area contributed by atoms with Gasteiger partial charge in [0.1, 0.15) is 5.75 Å². The summed E-state index contributed by atoms with van der Waals surface area (Å²) in [6.45, 7) is 0.142. The number of hydrogen-bond donors (Lipinski definition) is 1. The van der Waals surface area contributed by atoms with Crippen LogP contribution in [0.25, 0.3) is 10.8 Å². The fraction of sp³-hybridized carbons (Fsp3) is 0.312. The zero-order valence-electron chi connectivity index (χ0n) is 22.2. The van der Waals surface area contributed by atoms with Crippen molar-refractivity contribution in [2.75, 3.05) is 5.45 Å². The van der Waals surface area contributed by atoms with E-state index in [4.69, 9.17) is 23.2 Å². The maximum Gasteiger partial charge on any atom is 0.254 e. The highest BCUT2D eigenvalue weighted by Gasteiger charge is 2.76. The highest BCUT2D eigenvalue weighted by Crippen LogP contribution is 2.66. The highest BCUT2D eigenvalue weighted by molar-refractivity contribution is 9.09. The number of carbonyl (C=O) groups excluding carboxylic acids is 4. The second-order valence-electron chi connectivity index (χ2n) is 11.5. The SMILES string of the molecule is O=C1[C@H]2[C@H](CC=C3[C@H]2C[C@@]2(Cl)C(=O)N(CBr)C(=O)[C@@]2(Cl)[C@H]3c2ccc3ccccc3c2O)C(=O)N1Cc1ccccc1. The molecule has 4 amide bonds. The van der Waals surface area contributed by atoms with Gasteiger partial charge in [0.25, 0.3) is 11.8 Å². The van der Waals surface area contributed by atoms with Gasteiger partial charge in [0.2, 0.25) is 11.8 Å². The number of hydrogen-bond acceptors (Lipinski definition) is 5. The van der Waals surface area contributed by atoms with Gasteiger partial charge in [-0.25, -0.2) is 0 Å². The van der Waals surface area contributed by atoms with Crippen molar-refractivity contribution in [3.63, 3.8) is 0 Å². The van der Waals surface area contributed by atoms with Gasteiger partial charge in [0.15, 0.2) is 9.75 Å². The molecule has 2 saturated heterocycles. The Morgan fingerprint density at radius 1 is 0.857 bits per heavy atom. The van der Waals surface area contributed by atoms with Gasteiger partial charge >= 0.3 is 0 Å². The molecule has 42 heavy (non-hydrogen) atoms. The number of likely N-dealkylation sites (tertiary alicyclic amines) is 2. The maximum atomic E-state index is 14.0. The summed E-state index contributed by atoms with van der Waals surface area (Å²) >= 11 is 17.8. The predicted octanol–water partition coefficient (Wildman–Crippen LogP) is 5.46. The number of nitrogens with zero attached hydrogens (tertiary/aromatic N) is 2. The van der Waals surface area contributed by atoms with Gasteiger partial charge in [-0.15, -0.1) is 23.2 Å². The molecular weight excluding hydrogens is 643 g/mol. The molecule has 6 atom stereocenters. The van der Waals surface area contributed by atoms with Crippen LogP contribution in [0.4, 0.5) is 0 Å². The van der Waals surface area contributed by atoms with E-state index in [1.54, 1.807) is 18.2 Å². The monoisotopic (exact) mass is 666 g/mol. The van der Waals surface area contributed by atoms with Gasteiger partial charge in [-0.3, -0.25) is 29.0 Å². The lowest BCUT2D eigenvalue weighted by atomic mass is 9.56. The average Bonchev–Trinajstić information content (AvgIpc) is 3.32. The third-order valence-electron chi connectivity index (χ3n) is 9.53. The molecule has 3 fully saturated rings. The lowest BCUT2D eigenvalue weighted by molar-refractivity contribution is -0.141. The Bertz CT molecular complexity index is 1730. The second-order valence-corrected chi connectivity index (χ2v) is 13.2. The van der Waals surface area contributed by atoms with Crippen LogP contribution < -0.4 is 0 Å². The largest absolute Gasteiger partial charge is 0.507 e. The van der Waals surface area contributed by atoms with E-state index >= 15 is 0 Å². The lowest BCUT2D eigenvalue weighted by Gasteiger charge is -2.50. The zero-order chi connectivity index (χ0) is 29.6. The number of halogens is 3. The van der Waals surface area contributed by atoms with Crippen LogP contribution in [-0.2, 0) is 25.7 Å². The Kier molecular flexibility index (Phi) is 6.35. The molecule has 0 unspecified atom stereocenters. The molecular formula is C32H25BrCl2N2O5. The second kappa shape index (κ2) is 9.66. The van der Waals surface area contributed by atoms with Gasteiger partial charge in [-0.1, -0.05) is 94.3 Å². The molecule has 3 aromatic carbocycles. The summed E-state index contributed by atoms with van der Waals surface area (Å²) in [5.74, 6) is -5.06. The van der Waals surface area contributed by atoms with E-state index < -0.39 is 45.2 Å². The average molecular weight is 668 g/mol. The topological polar surface area (TPSA) is 95.0 Å². The molecule has 3 aromatic rings. The number of amides is 4. The van der Waals surface area contributed by atoms with E-state index in [0.717, 1.165) is 15.8 Å². The molecule has 0 spiro atoms. The van der Waals surface area contributed by atoms with Crippen molar-refractivity contribution in [3.05, 3.63) is 89.5 Å². The summed E-state index contributed by atoms with van der Waals surface area (Å²) < 4.78 is 0. The Hall–Kier alpha value is -3.20. The van der Waals surface area contributed by atoms with Crippen LogP contribution >= 0.6 is 39.1 Å². The number of fused-ring (bicyclic) bond motifs is 5. The molecule has 0 bridgehead atoms. The molecule has 2 heterocycles. The molecule has 0 aromatic heterocycles. The van der Waals surface area contributed by atoms with Crippen molar-refractivity contribution in [1.29, 1.82) is 0 Å². The third-order valence-corrected chi connectivity index (χ3v) is 11.4. The summed E-state index contributed by atoms with van der Waals surface area (Å²) in [5.41, 5.74) is 1.71. The minimum absolute atomic E-state index is 0.0714. The number of phenols is 1. The molecule has 1 saturated carbocycles. The predicted molar refractivity (Wildman–Crippen MR) is 161 cm³/mol. The number of phenolic OH excluding ortho intramolecular Hbond substituents is 1. The fourth-order valence-electron chi connectivity index (χ4n) is 7.59. The summed E-state index contributed by atoms with van der Waals surface area (Å²) in [6, 6.07) is 20.1. The van der Waals surface area contributed by atoms with Crippen molar-refractivity contribution in [2.45, 2.75) is 35.1 Å². The number of imide groups is 2. The number of benzene rings is 3. The van der Waals surface area contributed by atoms with Crippen LogP contribution in [0, 0.1) is 17.8 Å². The minimum atomic E-state index is -1.97. The van der Waals surface area contributed by atoms with Crippen LogP contribution in [0.5, 0.6) is 5.75 Å². The van der Waals surface area contributed by atoms with Crippen LogP contribution in [0.1, 0.15) is 29.9 Å². The van der Waals surface area contributed by atoms with Crippen LogP contribution in [0.2, 0.25) is 0 Å². The first kappa shape index (κ1) is 27.6. The minimum Gasteiger partial charge on any atom is -0.507 e. The third kappa shape index (κ3) is 3.52. The van der Waals surface area contributed by atoms with Crippen LogP contribution in [-0.4, -0.2) is 53.7 Å². The van der Waals surface area contributed by atoms with Gasteiger partial charge < -0.3 is 5.11 Å². The van der Waals surface area contributed by atoms with E-state index in [0.29, 0.717) is 16.5 Å². The summed E-state index contributed by atoms with van der Waals surface area (Å²) in [7, 11) is 0. The smallest absolute Gasteiger partial charge is 0.254 e. The number of alkyl halides is 3. The van der Waals surface area contributed by atoms with Crippen LogP contribution in [0.15, 0.2) is 78.4 Å². The first-order valence-electron chi connectivity index (χ1n) is 13.7. The molecule has 7 rings (SSSR count). The lowest BCUT2D eigenvalue weighted by Crippen LogP contribution is -2.60. The van der Waals surface area contributed by atoms with Gasteiger partial charge in [-0.05, 0) is 29.7 Å². The molecule has 2 aliphatic heterocycles. The van der Waals surface area contributed by atoms with E-state index in [1.165, 1.54) is 4.90 Å². The van der Waals surface area contributed by atoms with E-state index in [2.05, 4.69) is 15.9 Å². The van der Waals surface area contributed by atoms with Gasteiger partial charge in [0, 0.05) is 16.9 Å². The standard InChI is InChI=1S/C32H25BrCl2N2O5/c33-16-37-29(41)31(34)14-23-20(12-13-21-24(23)28(40)36(27(21)39)15-17-6-2-1-3-7-17)25(32(31,35)30(37)42)22-11-10-18-8-4-5-9-19(18)26(22)38/h1-12,21,23-25,38H,13-16H2/t21-,23+,24-,25+,31+,32-/m0/s1. The fourth-order valence-corrected chi connectivity index (χ4v) is 9.01. The summed E-state index contributed by atoms with van der Waals surface area (Å²) in [4.78, 5) is 53.8. The molecule has 0 radical (unpaired) electrons. The van der Waals surface area contributed by atoms with E-state index in [9.17, 15) is 24.3 Å². The van der Waals surface area contributed by atoms with E-state index in [-0.39, 0.29) is 42.4 Å². The zero-order valence-corrected chi connectivity index (χ0v) is 25.3. The van der Waals surface area contributed by atoms with Crippen molar-refractivity contribution in [1.82, 2.24) is 9.80 Å².